The van der Waals surface area contributed by atoms with Crippen LogP contribution >= 0.6 is 0 Å². The lowest BCUT2D eigenvalue weighted by Crippen LogP contribution is -2.29. The summed E-state index contributed by atoms with van der Waals surface area (Å²) in [5, 5.41) is 17.0. The highest BCUT2D eigenvalue weighted by atomic mass is 16.5. The molecule has 29 heavy (non-hydrogen) atoms. The van der Waals surface area contributed by atoms with Gasteiger partial charge in [-0.2, -0.15) is 0 Å². The SMILES string of the molecule is CCC1OC(n2cnc3c(NC(=O)c4ccccc4)ncnc32)C(O)C1N=[N+]=[N-]. The van der Waals surface area contributed by atoms with Gasteiger partial charge in [0, 0.05) is 10.5 Å². The molecule has 1 fully saturated rings. The summed E-state index contributed by atoms with van der Waals surface area (Å²) in [6.45, 7) is 1.88. The fraction of sp³-hybridized carbons (Fsp3) is 0.333. The molecule has 0 bridgehead atoms. The fourth-order valence-electron chi connectivity index (χ4n) is 3.40. The van der Waals surface area contributed by atoms with Crippen LogP contribution in [0.15, 0.2) is 48.1 Å². The van der Waals surface area contributed by atoms with Crippen LogP contribution < -0.4 is 5.32 Å². The van der Waals surface area contributed by atoms with E-state index in [1.807, 2.05) is 13.0 Å². The maximum Gasteiger partial charge on any atom is 0.256 e. The van der Waals surface area contributed by atoms with Crippen molar-refractivity contribution < 1.29 is 14.6 Å². The number of anilines is 1. The number of carbonyl (C=O) groups excluding carboxylic acids is 1. The van der Waals surface area contributed by atoms with Crippen molar-refractivity contribution in [2.45, 2.75) is 37.8 Å². The Labute approximate surface area is 165 Å². The van der Waals surface area contributed by atoms with Gasteiger partial charge in [-0.3, -0.25) is 9.36 Å². The maximum atomic E-state index is 12.5. The van der Waals surface area contributed by atoms with Gasteiger partial charge in [-0.1, -0.05) is 30.2 Å². The Balaban J connectivity index is 1.66. The minimum absolute atomic E-state index is 0.244. The molecule has 4 atom stereocenters. The van der Waals surface area contributed by atoms with Gasteiger partial charge in [-0.25, -0.2) is 15.0 Å². The van der Waals surface area contributed by atoms with Gasteiger partial charge in [0.25, 0.3) is 5.91 Å². The van der Waals surface area contributed by atoms with Crippen molar-refractivity contribution in [3.8, 4) is 0 Å². The summed E-state index contributed by atoms with van der Waals surface area (Å²) >= 11 is 0. The number of hydrogen-bond donors (Lipinski definition) is 2. The third-order valence-corrected chi connectivity index (χ3v) is 4.83. The molecule has 0 aliphatic carbocycles. The molecular weight excluding hydrogens is 376 g/mol. The Morgan fingerprint density at radius 3 is 2.86 bits per heavy atom. The number of azide groups is 1. The second kappa shape index (κ2) is 7.84. The average molecular weight is 394 g/mol. The number of nitrogens with zero attached hydrogens (tertiary/aromatic N) is 7. The van der Waals surface area contributed by atoms with E-state index in [-0.39, 0.29) is 11.7 Å². The first-order valence-corrected chi connectivity index (χ1v) is 9.05. The zero-order valence-corrected chi connectivity index (χ0v) is 15.5. The van der Waals surface area contributed by atoms with E-state index in [1.54, 1.807) is 28.8 Å². The average Bonchev–Trinajstić information content (AvgIpc) is 3.31. The number of fused-ring (bicyclic) bond motifs is 1. The lowest BCUT2D eigenvalue weighted by Gasteiger charge is -2.16. The molecule has 2 N–H and O–H groups in total. The third-order valence-electron chi connectivity index (χ3n) is 4.83. The van der Waals surface area contributed by atoms with Crippen LogP contribution in [-0.2, 0) is 4.74 Å². The number of nitrogens with one attached hydrogen (secondary N) is 1. The first-order chi connectivity index (χ1) is 14.1. The van der Waals surface area contributed by atoms with Crippen LogP contribution in [0.5, 0.6) is 0 Å². The Morgan fingerprint density at radius 2 is 2.14 bits per heavy atom. The first-order valence-electron chi connectivity index (χ1n) is 9.05. The van der Waals surface area contributed by atoms with Crippen LogP contribution in [0.3, 0.4) is 0 Å². The summed E-state index contributed by atoms with van der Waals surface area (Å²) in [4.78, 5) is 27.9. The summed E-state index contributed by atoms with van der Waals surface area (Å²) in [6.07, 6.45) is 0.999. The second-order valence-electron chi connectivity index (χ2n) is 6.53. The Bertz CT molecular complexity index is 1080. The minimum Gasteiger partial charge on any atom is -0.388 e. The van der Waals surface area contributed by atoms with E-state index < -0.39 is 24.5 Å². The molecule has 1 saturated heterocycles. The fourth-order valence-corrected chi connectivity index (χ4v) is 3.40. The molecule has 3 aromatic rings. The van der Waals surface area contributed by atoms with Crippen molar-refractivity contribution >= 4 is 22.9 Å². The van der Waals surface area contributed by atoms with Crippen molar-refractivity contribution in [1.29, 1.82) is 0 Å². The number of benzene rings is 1. The Hall–Kier alpha value is -3.53. The van der Waals surface area contributed by atoms with Crippen LogP contribution in [0.2, 0.25) is 0 Å². The number of amides is 1. The monoisotopic (exact) mass is 394 g/mol. The standard InChI is InChI=1S/C18H18N8O3/c1-2-11-12(24-25-19)14(27)18(29-11)26-9-22-13-15(20-8-21-16(13)26)23-17(28)10-6-4-3-5-7-10/h3-9,11-12,14,18,27H,2H2,1H3,(H,20,21,23,28). The first kappa shape index (κ1) is 18.8. The number of aliphatic hydroxyl groups excluding tert-OH is 1. The number of aliphatic hydroxyl groups is 1. The number of imidazole rings is 1. The predicted molar refractivity (Wildman–Crippen MR) is 103 cm³/mol. The van der Waals surface area contributed by atoms with Crippen LogP contribution in [0, 0.1) is 0 Å². The van der Waals surface area contributed by atoms with Crippen LogP contribution in [0.1, 0.15) is 29.9 Å². The molecular formula is C18H18N8O3. The molecule has 0 saturated carbocycles. The van der Waals surface area contributed by atoms with Gasteiger partial charge in [-0.15, -0.1) is 0 Å². The molecule has 0 spiro atoms. The van der Waals surface area contributed by atoms with E-state index in [4.69, 9.17) is 10.3 Å². The summed E-state index contributed by atoms with van der Waals surface area (Å²) in [5.74, 6) is -0.0829. The molecule has 2 aromatic heterocycles. The summed E-state index contributed by atoms with van der Waals surface area (Å²) in [6, 6.07) is 8.02. The van der Waals surface area contributed by atoms with E-state index in [2.05, 4.69) is 30.3 Å². The number of rotatable bonds is 5. The summed E-state index contributed by atoms with van der Waals surface area (Å²) in [5.41, 5.74) is 9.99. The lowest BCUT2D eigenvalue weighted by molar-refractivity contribution is -0.0355. The van der Waals surface area contributed by atoms with E-state index in [0.29, 0.717) is 23.1 Å². The van der Waals surface area contributed by atoms with Crippen molar-refractivity contribution in [3.63, 3.8) is 0 Å². The summed E-state index contributed by atoms with van der Waals surface area (Å²) < 4.78 is 7.44. The molecule has 1 amide bonds. The molecule has 4 unspecified atom stereocenters. The maximum absolute atomic E-state index is 12.5. The number of carbonyl (C=O) groups is 1. The van der Waals surface area contributed by atoms with Gasteiger partial charge in [0.2, 0.25) is 0 Å². The van der Waals surface area contributed by atoms with E-state index >= 15 is 0 Å². The molecule has 1 aromatic carbocycles. The summed E-state index contributed by atoms with van der Waals surface area (Å²) in [7, 11) is 0. The van der Waals surface area contributed by atoms with Crippen LogP contribution in [0.25, 0.3) is 21.6 Å². The Morgan fingerprint density at radius 1 is 1.34 bits per heavy atom. The van der Waals surface area contributed by atoms with Gasteiger partial charge in [0.05, 0.1) is 18.5 Å². The van der Waals surface area contributed by atoms with E-state index in [1.165, 1.54) is 12.7 Å². The third kappa shape index (κ3) is 3.38. The quantitative estimate of drug-likeness (QED) is 0.385. The lowest BCUT2D eigenvalue weighted by atomic mass is 10.1. The van der Waals surface area contributed by atoms with E-state index in [0.717, 1.165) is 0 Å². The largest absolute Gasteiger partial charge is 0.388 e. The van der Waals surface area contributed by atoms with Gasteiger partial charge >= 0.3 is 0 Å². The van der Waals surface area contributed by atoms with Crippen molar-refractivity contribution in [2.75, 3.05) is 5.32 Å². The van der Waals surface area contributed by atoms with Gasteiger partial charge < -0.3 is 15.2 Å². The molecule has 11 heteroatoms. The normalized spacial score (nSPS) is 23.7. The predicted octanol–water partition coefficient (Wildman–Crippen LogP) is 2.43. The number of hydrogen-bond acceptors (Lipinski definition) is 7. The number of ether oxygens (including phenoxy) is 1. The molecule has 3 heterocycles. The minimum atomic E-state index is -1.06. The van der Waals surface area contributed by atoms with Crippen LogP contribution in [0.4, 0.5) is 5.82 Å². The van der Waals surface area contributed by atoms with Crippen molar-refractivity contribution in [1.82, 2.24) is 19.5 Å². The van der Waals surface area contributed by atoms with Crippen molar-refractivity contribution in [2.24, 2.45) is 5.11 Å². The molecule has 11 nitrogen and oxygen atoms in total. The molecule has 0 radical (unpaired) electrons. The molecule has 4 rings (SSSR count). The topological polar surface area (TPSA) is 151 Å². The highest BCUT2D eigenvalue weighted by molar-refractivity contribution is 6.06. The second-order valence-corrected chi connectivity index (χ2v) is 6.53. The molecule has 1 aliphatic heterocycles. The Kier molecular flexibility index (Phi) is 5.09. The van der Waals surface area contributed by atoms with Crippen LogP contribution in [-0.4, -0.2) is 48.8 Å². The van der Waals surface area contributed by atoms with Gasteiger partial charge in [-0.05, 0) is 24.1 Å². The highest BCUT2D eigenvalue weighted by Gasteiger charge is 2.44. The zero-order valence-electron chi connectivity index (χ0n) is 15.5. The van der Waals surface area contributed by atoms with Gasteiger partial charge in [0.1, 0.15) is 12.4 Å². The highest BCUT2D eigenvalue weighted by Crippen LogP contribution is 2.35. The molecule has 1 aliphatic rings. The van der Waals surface area contributed by atoms with E-state index in [9.17, 15) is 9.90 Å². The van der Waals surface area contributed by atoms with Gasteiger partial charge in [0.15, 0.2) is 23.2 Å². The number of aromatic nitrogens is 4. The zero-order chi connectivity index (χ0) is 20.4. The van der Waals surface area contributed by atoms with Crippen molar-refractivity contribution in [3.05, 3.63) is 59.0 Å². The molecule has 148 valence electrons. The smallest absolute Gasteiger partial charge is 0.256 e.